The standard InChI is InChI=1S/C17H15F2NS/c18-15-7-3-13(4-8-15)17(21-12-2-1-11-20)14-5-9-16(19)10-6-14/h3-10,17H,1-2,12H2. The molecule has 0 spiro atoms. The average Bonchev–Trinajstić information content (AvgIpc) is 2.50. The molecule has 0 fully saturated rings. The lowest BCUT2D eigenvalue weighted by Gasteiger charge is -2.17. The first kappa shape index (κ1) is 15.5. The maximum Gasteiger partial charge on any atom is 0.123 e. The van der Waals surface area contributed by atoms with Gasteiger partial charge in [0.2, 0.25) is 0 Å². The fourth-order valence-corrected chi connectivity index (χ4v) is 3.26. The van der Waals surface area contributed by atoms with E-state index in [0.717, 1.165) is 23.3 Å². The van der Waals surface area contributed by atoms with Gasteiger partial charge in [-0.15, -0.1) is 11.8 Å². The van der Waals surface area contributed by atoms with Gasteiger partial charge in [0.25, 0.3) is 0 Å². The number of thioether (sulfide) groups is 1. The van der Waals surface area contributed by atoms with E-state index in [1.807, 2.05) is 0 Å². The summed E-state index contributed by atoms with van der Waals surface area (Å²) in [7, 11) is 0. The van der Waals surface area contributed by atoms with Gasteiger partial charge in [-0.05, 0) is 47.6 Å². The van der Waals surface area contributed by atoms with Gasteiger partial charge in [0.1, 0.15) is 11.6 Å². The van der Waals surface area contributed by atoms with Crippen LogP contribution >= 0.6 is 11.8 Å². The number of unbranched alkanes of at least 4 members (excludes halogenated alkanes) is 1. The molecule has 0 aliphatic heterocycles. The highest BCUT2D eigenvalue weighted by atomic mass is 32.2. The van der Waals surface area contributed by atoms with Crippen molar-refractivity contribution in [2.24, 2.45) is 0 Å². The van der Waals surface area contributed by atoms with Gasteiger partial charge < -0.3 is 0 Å². The molecule has 0 heterocycles. The maximum absolute atomic E-state index is 13.1. The first-order chi connectivity index (χ1) is 10.2. The van der Waals surface area contributed by atoms with Gasteiger partial charge in [0.15, 0.2) is 0 Å². The van der Waals surface area contributed by atoms with Crippen molar-refractivity contribution in [1.82, 2.24) is 0 Å². The van der Waals surface area contributed by atoms with E-state index in [4.69, 9.17) is 5.26 Å². The van der Waals surface area contributed by atoms with Gasteiger partial charge in [0, 0.05) is 6.42 Å². The van der Waals surface area contributed by atoms with E-state index in [1.165, 1.54) is 24.3 Å². The minimum absolute atomic E-state index is 0.0184. The summed E-state index contributed by atoms with van der Waals surface area (Å²) in [6.07, 6.45) is 1.33. The van der Waals surface area contributed by atoms with Crippen molar-refractivity contribution in [3.63, 3.8) is 0 Å². The van der Waals surface area contributed by atoms with Gasteiger partial charge in [-0.25, -0.2) is 8.78 Å². The van der Waals surface area contributed by atoms with Crippen molar-refractivity contribution in [2.45, 2.75) is 18.1 Å². The molecule has 2 rings (SSSR count). The molecule has 0 saturated heterocycles. The lowest BCUT2D eigenvalue weighted by atomic mass is 10.0. The molecule has 0 aromatic heterocycles. The smallest absolute Gasteiger partial charge is 0.123 e. The summed E-state index contributed by atoms with van der Waals surface area (Å²) in [4.78, 5) is 0. The Labute approximate surface area is 127 Å². The number of nitrogens with zero attached hydrogens (tertiary/aromatic N) is 1. The maximum atomic E-state index is 13.1. The zero-order chi connectivity index (χ0) is 15.1. The summed E-state index contributed by atoms with van der Waals surface area (Å²) in [5.74, 6) is 0.282. The summed E-state index contributed by atoms with van der Waals surface area (Å²) >= 11 is 1.68. The van der Waals surface area contributed by atoms with Crippen LogP contribution in [0.2, 0.25) is 0 Å². The van der Waals surface area contributed by atoms with E-state index >= 15 is 0 Å². The van der Waals surface area contributed by atoms with Crippen LogP contribution < -0.4 is 0 Å². The van der Waals surface area contributed by atoms with Crippen molar-refractivity contribution in [3.8, 4) is 6.07 Å². The lowest BCUT2D eigenvalue weighted by Crippen LogP contribution is -1.99. The van der Waals surface area contributed by atoms with Crippen LogP contribution in [-0.2, 0) is 0 Å². The molecular weight excluding hydrogens is 288 g/mol. The Morgan fingerprint density at radius 2 is 1.38 bits per heavy atom. The van der Waals surface area contributed by atoms with Crippen LogP contribution in [0.4, 0.5) is 8.78 Å². The van der Waals surface area contributed by atoms with Crippen LogP contribution in [0.5, 0.6) is 0 Å². The number of nitriles is 1. The second kappa shape index (κ2) is 7.80. The van der Waals surface area contributed by atoms with Crippen LogP contribution in [0.3, 0.4) is 0 Å². The molecule has 2 aromatic rings. The average molecular weight is 303 g/mol. The third-order valence-corrected chi connectivity index (χ3v) is 4.46. The quantitative estimate of drug-likeness (QED) is 0.694. The third-order valence-electron chi connectivity index (χ3n) is 3.06. The molecule has 0 aliphatic carbocycles. The Kier molecular flexibility index (Phi) is 5.77. The highest BCUT2D eigenvalue weighted by Crippen LogP contribution is 2.36. The van der Waals surface area contributed by atoms with Gasteiger partial charge in [0.05, 0.1) is 11.3 Å². The molecule has 0 aliphatic rings. The number of benzene rings is 2. The molecule has 108 valence electrons. The Morgan fingerprint density at radius 1 is 0.905 bits per heavy atom. The van der Waals surface area contributed by atoms with Crippen LogP contribution in [-0.4, -0.2) is 5.75 Å². The van der Waals surface area contributed by atoms with Crippen molar-refractivity contribution < 1.29 is 8.78 Å². The van der Waals surface area contributed by atoms with Gasteiger partial charge in [-0.2, -0.15) is 5.26 Å². The van der Waals surface area contributed by atoms with Crippen LogP contribution in [0.1, 0.15) is 29.2 Å². The Morgan fingerprint density at radius 3 is 1.81 bits per heavy atom. The monoisotopic (exact) mass is 303 g/mol. The summed E-state index contributed by atoms with van der Waals surface area (Å²) in [6, 6.07) is 14.9. The molecule has 0 atom stereocenters. The molecule has 0 radical (unpaired) electrons. The van der Waals surface area contributed by atoms with E-state index in [9.17, 15) is 8.78 Å². The fourth-order valence-electron chi connectivity index (χ4n) is 2.01. The van der Waals surface area contributed by atoms with Gasteiger partial charge in [-0.3, -0.25) is 0 Å². The predicted octanol–water partition coefficient (Wildman–Crippen LogP) is 5.09. The van der Waals surface area contributed by atoms with E-state index < -0.39 is 0 Å². The number of rotatable bonds is 6. The summed E-state index contributed by atoms with van der Waals surface area (Å²) in [5.41, 5.74) is 1.95. The van der Waals surface area contributed by atoms with Crippen molar-refractivity contribution in [1.29, 1.82) is 5.26 Å². The Hall–Kier alpha value is -1.86. The van der Waals surface area contributed by atoms with Crippen LogP contribution in [0, 0.1) is 23.0 Å². The van der Waals surface area contributed by atoms with Crippen LogP contribution in [0.25, 0.3) is 0 Å². The number of hydrogen-bond acceptors (Lipinski definition) is 2. The van der Waals surface area contributed by atoms with Gasteiger partial charge in [-0.1, -0.05) is 24.3 Å². The summed E-state index contributed by atoms with van der Waals surface area (Å²) < 4.78 is 26.1. The molecule has 0 saturated carbocycles. The number of halogens is 2. The zero-order valence-corrected chi connectivity index (χ0v) is 12.2. The zero-order valence-electron chi connectivity index (χ0n) is 11.4. The minimum Gasteiger partial charge on any atom is -0.207 e. The Bertz CT molecular complexity index is 557. The fraction of sp³-hybridized carbons (Fsp3) is 0.235. The molecule has 2 aromatic carbocycles. The van der Waals surface area contributed by atoms with Crippen molar-refractivity contribution >= 4 is 11.8 Å². The SMILES string of the molecule is N#CCCCSC(c1ccc(F)cc1)c1ccc(F)cc1. The largest absolute Gasteiger partial charge is 0.207 e. The van der Waals surface area contributed by atoms with Gasteiger partial charge >= 0.3 is 0 Å². The highest BCUT2D eigenvalue weighted by molar-refractivity contribution is 7.99. The number of hydrogen-bond donors (Lipinski definition) is 0. The highest BCUT2D eigenvalue weighted by Gasteiger charge is 2.14. The normalized spacial score (nSPS) is 10.6. The van der Waals surface area contributed by atoms with Crippen molar-refractivity contribution in [2.75, 3.05) is 5.75 Å². The minimum atomic E-state index is -0.272. The topological polar surface area (TPSA) is 23.8 Å². The molecule has 0 N–H and O–H groups in total. The summed E-state index contributed by atoms with van der Waals surface area (Å²) in [6.45, 7) is 0. The molecule has 1 nitrogen and oxygen atoms in total. The van der Waals surface area contributed by atoms with E-state index in [2.05, 4.69) is 6.07 Å². The predicted molar refractivity (Wildman–Crippen MR) is 81.9 cm³/mol. The van der Waals surface area contributed by atoms with Crippen molar-refractivity contribution in [3.05, 3.63) is 71.3 Å². The molecule has 0 unspecified atom stereocenters. The first-order valence-electron chi connectivity index (χ1n) is 6.70. The first-order valence-corrected chi connectivity index (χ1v) is 7.75. The molecular formula is C17H15F2NS. The lowest BCUT2D eigenvalue weighted by molar-refractivity contribution is 0.626. The second-order valence-corrected chi connectivity index (χ2v) is 5.83. The van der Waals surface area contributed by atoms with Crippen LogP contribution in [0.15, 0.2) is 48.5 Å². The molecule has 4 heteroatoms. The second-order valence-electron chi connectivity index (χ2n) is 4.62. The molecule has 0 amide bonds. The molecule has 0 bridgehead atoms. The van der Waals surface area contributed by atoms with E-state index in [1.54, 1.807) is 36.0 Å². The third kappa shape index (κ3) is 4.57. The summed E-state index contributed by atoms with van der Waals surface area (Å²) in [5, 5.41) is 8.60. The van der Waals surface area contributed by atoms with E-state index in [-0.39, 0.29) is 16.9 Å². The molecule has 21 heavy (non-hydrogen) atoms. The van der Waals surface area contributed by atoms with E-state index in [0.29, 0.717) is 6.42 Å². The Balaban J connectivity index is 2.19.